The summed E-state index contributed by atoms with van der Waals surface area (Å²) in [6.07, 6.45) is 0. The molecule has 0 fully saturated rings. The highest BCUT2D eigenvalue weighted by atomic mass is 16.5. The fraction of sp³-hybridized carbons (Fsp3) is 0.455. The van der Waals surface area contributed by atoms with Crippen LogP contribution in [0.3, 0.4) is 0 Å². The van der Waals surface area contributed by atoms with Crippen molar-refractivity contribution in [3.05, 3.63) is 23.4 Å². The molecule has 0 aliphatic rings. The number of hydrogen-bond acceptors (Lipinski definition) is 4. The quantitative estimate of drug-likeness (QED) is 0.500. The largest absolute Gasteiger partial charge is 0.382 e. The van der Waals surface area contributed by atoms with Crippen LogP contribution in [0.5, 0.6) is 0 Å². The van der Waals surface area contributed by atoms with Crippen molar-refractivity contribution in [3.63, 3.8) is 0 Å². The van der Waals surface area contributed by atoms with E-state index < -0.39 is 0 Å². The van der Waals surface area contributed by atoms with E-state index in [1.165, 1.54) is 0 Å². The van der Waals surface area contributed by atoms with Crippen LogP contribution in [0, 0.1) is 6.92 Å². The summed E-state index contributed by atoms with van der Waals surface area (Å²) in [6.45, 7) is 8.71. The lowest BCUT2D eigenvalue weighted by atomic mass is 10.2. The monoisotopic (exact) mass is 238 g/mol. The summed E-state index contributed by atoms with van der Waals surface area (Å²) in [4.78, 5) is 11.7. The molecule has 0 aliphatic heterocycles. The van der Waals surface area contributed by atoms with Crippen molar-refractivity contribution in [2.75, 3.05) is 25.5 Å². The number of carbonyl (C=O) groups is 1. The van der Waals surface area contributed by atoms with Gasteiger partial charge in [0.25, 0.3) is 5.91 Å². The summed E-state index contributed by atoms with van der Waals surface area (Å²) in [7, 11) is 0. The fourth-order valence-electron chi connectivity index (χ4n) is 1.31. The van der Waals surface area contributed by atoms with Gasteiger partial charge in [-0.2, -0.15) is 5.10 Å². The number of nitrogens with zero attached hydrogens (tertiary/aromatic N) is 1. The minimum absolute atomic E-state index is 0.211. The van der Waals surface area contributed by atoms with E-state index in [9.17, 15) is 4.79 Å². The van der Waals surface area contributed by atoms with Gasteiger partial charge in [-0.1, -0.05) is 12.2 Å². The van der Waals surface area contributed by atoms with Crippen molar-refractivity contribution in [1.82, 2.24) is 15.5 Å². The predicted octanol–water partition coefficient (Wildman–Crippen LogP) is 0.623. The zero-order valence-corrected chi connectivity index (χ0v) is 10.2. The Morgan fingerprint density at radius 1 is 1.65 bits per heavy atom. The van der Waals surface area contributed by atoms with Crippen LogP contribution in [-0.4, -0.2) is 35.9 Å². The van der Waals surface area contributed by atoms with Crippen molar-refractivity contribution >= 4 is 11.7 Å². The molecule has 6 nitrogen and oxygen atoms in total. The minimum atomic E-state index is -0.243. The number of aromatic nitrogens is 2. The summed E-state index contributed by atoms with van der Waals surface area (Å²) in [5.74, 6) is -0.0319. The van der Waals surface area contributed by atoms with Gasteiger partial charge in [-0.15, -0.1) is 0 Å². The second kappa shape index (κ2) is 6.05. The van der Waals surface area contributed by atoms with E-state index in [0.717, 1.165) is 5.57 Å². The summed E-state index contributed by atoms with van der Waals surface area (Å²) in [5, 5.41) is 9.12. The maximum atomic E-state index is 11.7. The number of ether oxygens (including phenoxy) is 1. The van der Waals surface area contributed by atoms with Crippen LogP contribution in [0.15, 0.2) is 12.2 Å². The standard InChI is InChI=1S/C11H18N4O2/c1-7(2)6-17-5-4-13-11(16)9-8(3)14-15-10(9)12/h1,4-6H2,2-3H3,(H,13,16)(H3,12,14,15). The number of anilines is 1. The van der Waals surface area contributed by atoms with Crippen LogP contribution in [0.4, 0.5) is 5.82 Å². The van der Waals surface area contributed by atoms with Crippen molar-refractivity contribution < 1.29 is 9.53 Å². The topological polar surface area (TPSA) is 93.0 Å². The van der Waals surface area contributed by atoms with E-state index in [0.29, 0.717) is 31.0 Å². The lowest BCUT2D eigenvalue weighted by Gasteiger charge is -2.06. The molecule has 4 N–H and O–H groups in total. The number of aryl methyl sites for hydroxylation is 1. The molecule has 0 aliphatic carbocycles. The van der Waals surface area contributed by atoms with Crippen LogP contribution >= 0.6 is 0 Å². The molecule has 0 bridgehead atoms. The van der Waals surface area contributed by atoms with Gasteiger partial charge < -0.3 is 15.8 Å². The number of nitrogens with two attached hydrogens (primary N) is 1. The van der Waals surface area contributed by atoms with Gasteiger partial charge in [0.05, 0.1) is 13.2 Å². The molecule has 0 saturated carbocycles. The molecule has 0 saturated heterocycles. The molecule has 0 spiro atoms. The van der Waals surface area contributed by atoms with Crippen LogP contribution < -0.4 is 11.1 Å². The third-order valence-corrected chi connectivity index (χ3v) is 2.08. The van der Waals surface area contributed by atoms with E-state index in [4.69, 9.17) is 10.5 Å². The van der Waals surface area contributed by atoms with E-state index in [2.05, 4.69) is 22.1 Å². The molecule has 1 amide bonds. The summed E-state index contributed by atoms with van der Waals surface area (Å²) in [6, 6.07) is 0. The molecule has 1 aromatic rings. The first kappa shape index (κ1) is 13.2. The number of H-pyrrole nitrogens is 1. The second-order valence-electron chi connectivity index (χ2n) is 3.87. The highest BCUT2D eigenvalue weighted by Crippen LogP contribution is 2.11. The van der Waals surface area contributed by atoms with Crippen molar-refractivity contribution in [2.45, 2.75) is 13.8 Å². The van der Waals surface area contributed by atoms with Gasteiger partial charge in [0.1, 0.15) is 5.56 Å². The number of rotatable bonds is 6. The van der Waals surface area contributed by atoms with Gasteiger partial charge in [-0.25, -0.2) is 0 Å². The summed E-state index contributed by atoms with van der Waals surface area (Å²) < 4.78 is 5.25. The van der Waals surface area contributed by atoms with E-state index >= 15 is 0 Å². The van der Waals surface area contributed by atoms with E-state index in [-0.39, 0.29) is 11.7 Å². The Morgan fingerprint density at radius 3 is 2.88 bits per heavy atom. The van der Waals surface area contributed by atoms with Gasteiger partial charge in [0.2, 0.25) is 0 Å². The van der Waals surface area contributed by atoms with Crippen LogP contribution in [0.25, 0.3) is 0 Å². The van der Waals surface area contributed by atoms with Gasteiger partial charge in [0, 0.05) is 12.2 Å². The zero-order chi connectivity index (χ0) is 12.8. The van der Waals surface area contributed by atoms with E-state index in [1.54, 1.807) is 6.92 Å². The van der Waals surface area contributed by atoms with Crippen LogP contribution in [0.1, 0.15) is 23.0 Å². The smallest absolute Gasteiger partial charge is 0.257 e. The molecule has 1 rings (SSSR count). The Hall–Kier alpha value is -1.82. The Bertz CT molecular complexity index is 392. The minimum Gasteiger partial charge on any atom is -0.382 e. The Labute approximate surface area is 100 Å². The van der Waals surface area contributed by atoms with Crippen molar-refractivity contribution in [1.29, 1.82) is 0 Å². The van der Waals surface area contributed by atoms with Crippen LogP contribution in [-0.2, 0) is 4.74 Å². The SMILES string of the molecule is C=C(C)COCCNC(=O)c1c(N)n[nH]c1C. The number of hydrogen-bond donors (Lipinski definition) is 3. The molecule has 17 heavy (non-hydrogen) atoms. The number of nitrogens with one attached hydrogen (secondary N) is 2. The van der Waals surface area contributed by atoms with Gasteiger partial charge in [-0.3, -0.25) is 9.89 Å². The average molecular weight is 238 g/mol. The Kier molecular flexibility index (Phi) is 4.71. The van der Waals surface area contributed by atoms with Crippen LogP contribution in [0.2, 0.25) is 0 Å². The highest BCUT2D eigenvalue weighted by molar-refractivity contribution is 5.99. The molecular weight excluding hydrogens is 220 g/mol. The molecule has 6 heteroatoms. The first-order chi connectivity index (χ1) is 8.02. The molecule has 0 aromatic carbocycles. The Balaban J connectivity index is 2.33. The first-order valence-electron chi connectivity index (χ1n) is 5.33. The maximum absolute atomic E-state index is 11.7. The summed E-state index contributed by atoms with van der Waals surface area (Å²) in [5.41, 5.74) is 7.57. The lowest BCUT2D eigenvalue weighted by molar-refractivity contribution is 0.0927. The molecule has 0 unspecified atom stereocenters. The van der Waals surface area contributed by atoms with Gasteiger partial charge >= 0.3 is 0 Å². The summed E-state index contributed by atoms with van der Waals surface area (Å²) >= 11 is 0. The molecule has 0 atom stereocenters. The molecular formula is C11H18N4O2. The maximum Gasteiger partial charge on any atom is 0.257 e. The average Bonchev–Trinajstić information content (AvgIpc) is 2.57. The van der Waals surface area contributed by atoms with E-state index in [1.807, 2.05) is 6.92 Å². The third kappa shape index (κ3) is 3.92. The molecule has 1 aromatic heterocycles. The lowest BCUT2D eigenvalue weighted by Crippen LogP contribution is -2.28. The number of nitrogen functional groups attached to an aromatic ring is 1. The zero-order valence-electron chi connectivity index (χ0n) is 10.2. The van der Waals surface area contributed by atoms with Gasteiger partial charge in [-0.05, 0) is 13.8 Å². The second-order valence-corrected chi connectivity index (χ2v) is 3.87. The number of amides is 1. The van der Waals surface area contributed by atoms with Crippen molar-refractivity contribution in [2.24, 2.45) is 0 Å². The molecule has 1 heterocycles. The number of aromatic amines is 1. The highest BCUT2D eigenvalue weighted by Gasteiger charge is 2.15. The fourth-order valence-corrected chi connectivity index (χ4v) is 1.31. The van der Waals surface area contributed by atoms with Gasteiger partial charge in [0.15, 0.2) is 5.82 Å². The molecule has 0 radical (unpaired) electrons. The normalized spacial score (nSPS) is 10.2. The predicted molar refractivity (Wildman–Crippen MR) is 65.7 cm³/mol. The first-order valence-corrected chi connectivity index (χ1v) is 5.33. The molecule has 94 valence electrons. The Morgan fingerprint density at radius 2 is 2.35 bits per heavy atom. The van der Waals surface area contributed by atoms with Crippen molar-refractivity contribution in [3.8, 4) is 0 Å². The number of carbonyl (C=O) groups excluding carboxylic acids is 1. The third-order valence-electron chi connectivity index (χ3n) is 2.08.